The minimum atomic E-state index is -0.343. The predicted octanol–water partition coefficient (Wildman–Crippen LogP) is 6.38. The standard InChI is InChI=1S/C22H40O3/c1-5-6-7-8-9-10-11-12-13-14-15-16-17-25-22(23)21(4)19-24-18-20(2)3/h2,4-19H2,1,3H3. The normalized spacial score (nSPS) is 10.6. The van der Waals surface area contributed by atoms with E-state index < -0.39 is 0 Å². The third kappa shape index (κ3) is 17.5. The highest BCUT2D eigenvalue weighted by molar-refractivity contribution is 5.87. The molecule has 3 heteroatoms. The van der Waals surface area contributed by atoms with Gasteiger partial charge >= 0.3 is 5.97 Å². The number of esters is 1. The Morgan fingerprint density at radius 2 is 1.24 bits per heavy atom. The molecular weight excluding hydrogens is 312 g/mol. The molecule has 0 N–H and O–H groups in total. The second-order valence-corrected chi connectivity index (χ2v) is 7.08. The minimum Gasteiger partial charge on any atom is -0.462 e. The Kier molecular flexibility index (Phi) is 17.0. The highest BCUT2D eigenvalue weighted by atomic mass is 16.5. The second-order valence-electron chi connectivity index (χ2n) is 7.08. The van der Waals surface area contributed by atoms with E-state index in [0.29, 0.717) is 18.8 Å². The summed E-state index contributed by atoms with van der Waals surface area (Å²) >= 11 is 0. The number of hydrogen-bond donors (Lipinski definition) is 0. The van der Waals surface area contributed by atoms with E-state index in [4.69, 9.17) is 9.47 Å². The molecule has 0 radical (unpaired) electrons. The van der Waals surface area contributed by atoms with Crippen molar-refractivity contribution in [2.24, 2.45) is 0 Å². The van der Waals surface area contributed by atoms with Gasteiger partial charge < -0.3 is 9.47 Å². The zero-order valence-corrected chi connectivity index (χ0v) is 16.7. The smallest absolute Gasteiger partial charge is 0.335 e. The van der Waals surface area contributed by atoms with Crippen LogP contribution in [-0.2, 0) is 14.3 Å². The molecule has 0 aliphatic carbocycles. The zero-order chi connectivity index (χ0) is 18.8. The van der Waals surface area contributed by atoms with Crippen molar-refractivity contribution in [1.29, 1.82) is 0 Å². The lowest BCUT2D eigenvalue weighted by Gasteiger charge is -2.08. The van der Waals surface area contributed by atoms with Gasteiger partial charge in [-0.1, -0.05) is 96.3 Å². The van der Waals surface area contributed by atoms with Crippen LogP contribution in [0.3, 0.4) is 0 Å². The first-order chi connectivity index (χ1) is 12.1. The molecular formula is C22H40O3. The zero-order valence-electron chi connectivity index (χ0n) is 16.7. The summed E-state index contributed by atoms with van der Waals surface area (Å²) < 4.78 is 10.5. The Morgan fingerprint density at radius 3 is 1.72 bits per heavy atom. The molecule has 0 aliphatic rings. The molecule has 0 heterocycles. The van der Waals surface area contributed by atoms with Gasteiger partial charge in [0.05, 0.1) is 25.4 Å². The molecule has 0 atom stereocenters. The fraction of sp³-hybridized carbons (Fsp3) is 0.773. The molecule has 3 nitrogen and oxygen atoms in total. The summed E-state index contributed by atoms with van der Waals surface area (Å²) in [7, 11) is 0. The lowest BCUT2D eigenvalue weighted by molar-refractivity contribution is -0.139. The van der Waals surface area contributed by atoms with Crippen molar-refractivity contribution in [3.8, 4) is 0 Å². The fourth-order valence-corrected chi connectivity index (χ4v) is 2.62. The third-order valence-electron chi connectivity index (χ3n) is 4.14. The summed E-state index contributed by atoms with van der Waals surface area (Å²) in [6, 6.07) is 0. The van der Waals surface area contributed by atoms with Crippen molar-refractivity contribution in [2.45, 2.75) is 90.9 Å². The highest BCUT2D eigenvalue weighted by Gasteiger charge is 2.08. The number of hydrogen-bond acceptors (Lipinski definition) is 3. The first-order valence-corrected chi connectivity index (χ1v) is 10.1. The van der Waals surface area contributed by atoms with E-state index >= 15 is 0 Å². The van der Waals surface area contributed by atoms with Gasteiger partial charge in [-0.3, -0.25) is 0 Å². The molecule has 0 aromatic heterocycles. The van der Waals surface area contributed by atoms with Gasteiger partial charge in [0, 0.05) is 0 Å². The number of unbranched alkanes of at least 4 members (excludes halogenated alkanes) is 11. The van der Waals surface area contributed by atoms with Gasteiger partial charge in [-0.05, 0) is 13.3 Å². The Hall–Kier alpha value is -1.09. The van der Waals surface area contributed by atoms with E-state index in [1.807, 2.05) is 6.92 Å². The van der Waals surface area contributed by atoms with Crippen LogP contribution in [0.15, 0.2) is 24.3 Å². The van der Waals surface area contributed by atoms with Crippen LogP contribution in [0.5, 0.6) is 0 Å². The molecule has 0 amide bonds. The predicted molar refractivity (Wildman–Crippen MR) is 107 cm³/mol. The van der Waals surface area contributed by atoms with E-state index in [-0.39, 0.29) is 12.6 Å². The van der Waals surface area contributed by atoms with Crippen LogP contribution in [0, 0.1) is 0 Å². The summed E-state index contributed by atoms with van der Waals surface area (Å²) in [5.41, 5.74) is 1.30. The van der Waals surface area contributed by atoms with Crippen molar-refractivity contribution in [1.82, 2.24) is 0 Å². The maximum atomic E-state index is 11.7. The molecule has 146 valence electrons. The highest BCUT2D eigenvalue weighted by Crippen LogP contribution is 2.12. The first-order valence-electron chi connectivity index (χ1n) is 10.1. The average molecular weight is 353 g/mol. The van der Waals surface area contributed by atoms with Gasteiger partial charge in [0.1, 0.15) is 0 Å². The van der Waals surface area contributed by atoms with Crippen LogP contribution < -0.4 is 0 Å². The molecule has 0 spiro atoms. The maximum absolute atomic E-state index is 11.7. The van der Waals surface area contributed by atoms with Crippen molar-refractivity contribution in [3.05, 3.63) is 24.3 Å². The number of rotatable bonds is 18. The molecule has 0 saturated heterocycles. The molecule has 0 unspecified atom stereocenters. The van der Waals surface area contributed by atoms with E-state index in [1.165, 1.54) is 64.2 Å². The van der Waals surface area contributed by atoms with Gasteiger partial charge in [-0.15, -0.1) is 0 Å². The average Bonchev–Trinajstić information content (AvgIpc) is 2.58. The monoisotopic (exact) mass is 352 g/mol. The largest absolute Gasteiger partial charge is 0.462 e. The van der Waals surface area contributed by atoms with Gasteiger partial charge in [0.25, 0.3) is 0 Å². The Bertz CT molecular complexity index is 360. The van der Waals surface area contributed by atoms with Crippen LogP contribution in [0.1, 0.15) is 90.9 Å². The van der Waals surface area contributed by atoms with Crippen molar-refractivity contribution >= 4 is 5.97 Å². The summed E-state index contributed by atoms with van der Waals surface area (Å²) in [6.45, 7) is 12.7. The van der Waals surface area contributed by atoms with Crippen LogP contribution >= 0.6 is 0 Å². The molecule has 0 fully saturated rings. The van der Waals surface area contributed by atoms with E-state index in [2.05, 4.69) is 20.1 Å². The molecule has 25 heavy (non-hydrogen) atoms. The van der Waals surface area contributed by atoms with Crippen LogP contribution in [0.4, 0.5) is 0 Å². The Labute approximate surface area is 155 Å². The quantitative estimate of drug-likeness (QED) is 0.124. The SMILES string of the molecule is C=C(C)COCC(=C)C(=O)OCCCCCCCCCCCCCC. The third-order valence-corrected chi connectivity index (χ3v) is 4.14. The first kappa shape index (κ1) is 23.9. The summed E-state index contributed by atoms with van der Waals surface area (Å²) in [4.78, 5) is 11.7. The summed E-state index contributed by atoms with van der Waals surface area (Å²) in [5.74, 6) is -0.343. The van der Waals surface area contributed by atoms with Gasteiger partial charge in [-0.2, -0.15) is 0 Å². The number of carbonyl (C=O) groups excluding carboxylic acids is 1. The van der Waals surface area contributed by atoms with Crippen LogP contribution in [0.2, 0.25) is 0 Å². The summed E-state index contributed by atoms with van der Waals surface area (Å²) in [6.07, 6.45) is 15.6. The fourth-order valence-electron chi connectivity index (χ4n) is 2.62. The second kappa shape index (κ2) is 17.7. The van der Waals surface area contributed by atoms with E-state index in [1.54, 1.807) is 0 Å². The molecule has 0 saturated carbocycles. The Balaban J connectivity index is 3.30. The number of carbonyl (C=O) groups is 1. The van der Waals surface area contributed by atoms with Crippen molar-refractivity contribution in [3.63, 3.8) is 0 Å². The topological polar surface area (TPSA) is 35.5 Å². The number of ether oxygens (including phenoxy) is 2. The summed E-state index contributed by atoms with van der Waals surface area (Å²) in [5, 5.41) is 0. The molecule has 0 rings (SSSR count). The maximum Gasteiger partial charge on any atom is 0.335 e. The lowest BCUT2D eigenvalue weighted by atomic mass is 10.1. The van der Waals surface area contributed by atoms with Crippen molar-refractivity contribution < 1.29 is 14.3 Å². The van der Waals surface area contributed by atoms with E-state index in [0.717, 1.165) is 18.4 Å². The minimum absolute atomic E-state index is 0.212. The molecule has 0 bridgehead atoms. The van der Waals surface area contributed by atoms with Gasteiger partial charge in [0.2, 0.25) is 0 Å². The lowest BCUT2D eigenvalue weighted by Crippen LogP contribution is -2.13. The van der Waals surface area contributed by atoms with Crippen LogP contribution in [-0.4, -0.2) is 25.8 Å². The molecule has 0 aliphatic heterocycles. The van der Waals surface area contributed by atoms with Crippen molar-refractivity contribution in [2.75, 3.05) is 19.8 Å². The van der Waals surface area contributed by atoms with Crippen LogP contribution in [0.25, 0.3) is 0 Å². The van der Waals surface area contributed by atoms with Gasteiger partial charge in [0.15, 0.2) is 0 Å². The van der Waals surface area contributed by atoms with Gasteiger partial charge in [-0.25, -0.2) is 4.79 Å². The Morgan fingerprint density at radius 1 is 0.760 bits per heavy atom. The molecule has 0 aromatic rings. The molecule has 0 aromatic carbocycles. The van der Waals surface area contributed by atoms with E-state index in [9.17, 15) is 4.79 Å².